The standard InChI is InChI=1S/C14H15NO4/c1-8(2)7-18-14(17)13-11(15)12(16)9-5-3-4-6-10(9)19-13/h3-6,8H,7,15H2,1-2H3. The SMILES string of the molecule is CC(C)COC(=O)c1oc2ccccc2c(=O)c1N. The molecule has 0 aliphatic carbocycles. The Labute approximate surface area is 110 Å². The van der Waals surface area contributed by atoms with Crippen LogP contribution in [0.5, 0.6) is 0 Å². The molecule has 0 amide bonds. The molecule has 5 heteroatoms. The van der Waals surface area contributed by atoms with Gasteiger partial charge in [-0.05, 0) is 18.1 Å². The molecule has 100 valence electrons. The summed E-state index contributed by atoms with van der Waals surface area (Å²) in [7, 11) is 0. The minimum atomic E-state index is -0.714. The van der Waals surface area contributed by atoms with Crippen molar-refractivity contribution in [1.82, 2.24) is 0 Å². The molecule has 0 aliphatic rings. The Morgan fingerprint density at radius 1 is 1.37 bits per heavy atom. The topological polar surface area (TPSA) is 82.5 Å². The summed E-state index contributed by atoms with van der Waals surface area (Å²) in [5.74, 6) is -0.754. The summed E-state index contributed by atoms with van der Waals surface area (Å²) < 4.78 is 10.4. The van der Waals surface area contributed by atoms with Crippen molar-refractivity contribution in [1.29, 1.82) is 0 Å². The Hall–Kier alpha value is -2.30. The number of carbonyl (C=O) groups is 1. The van der Waals surface area contributed by atoms with E-state index in [9.17, 15) is 9.59 Å². The first-order valence-corrected chi connectivity index (χ1v) is 5.99. The zero-order valence-corrected chi connectivity index (χ0v) is 10.8. The minimum Gasteiger partial charge on any atom is -0.460 e. The molecule has 0 radical (unpaired) electrons. The predicted molar refractivity (Wildman–Crippen MR) is 72.0 cm³/mol. The fourth-order valence-corrected chi connectivity index (χ4v) is 1.62. The van der Waals surface area contributed by atoms with Gasteiger partial charge in [-0.2, -0.15) is 0 Å². The summed E-state index contributed by atoms with van der Waals surface area (Å²) in [6.07, 6.45) is 0. The van der Waals surface area contributed by atoms with E-state index in [2.05, 4.69) is 0 Å². The molecule has 2 aromatic rings. The van der Waals surface area contributed by atoms with Crippen molar-refractivity contribution < 1.29 is 13.9 Å². The number of hydrogen-bond acceptors (Lipinski definition) is 5. The van der Waals surface area contributed by atoms with E-state index in [1.54, 1.807) is 24.3 Å². The quantitative estimate of drug-likeness (QED) is 0.856. The Kier molecular flexibility index (Phi) is 3.55. The number of rotatable bonds is 3. The Balaban J connectivity index is 2.47. The summed E-state index contributed by atoms with van der Waals surface area (Å²) in [6, 6.07) is 6.62. The molecule has 0 atom stereocenters. The third kappa shape index (κ3) is 2.59. The lowest BCUT2D eigenvalue weighted by atomic mass is 10.2. The van der Waals surface area contributed by atoms with E-state index in [1.807, 2.05) is 13.8 Å². The zero-order chi connectivity index (χ0) is 14.0. The molecule has 5 nitrogen and oxygen atoms in total. The van der Waals surface area contributed by atoms with Gasteiger partial charge < -0.3 is 14.9 Å². The van der Waals surface area contributed by atoms with Crippen LogP contribution in [-0.4, -0.2) is 12.6 Å². The molecule has 0 saturated heterocycles. The number of hydrogen-bond donors (Lipinski definition) is 1. The molecule has 1 aromatic carbocycles. The van der Waals surface area contributed by atoms with E-state index in [0.29, 0.717) is 11.0 Å². The second-order valence-electron chi connectivity index (χ2n) is 4.66. The highest BCUT2D eigenvalue weighted by Gasteiger charge is 2.19. The maximum atomic E-state index is 12.0. The van der Waals surface area contributed by atoms with E-state index >= 15 is 0 Å². The highest BCUT2D eigenvalue weighted by atomic mass is 16.5. The average Bonchev–Trinajstić information content (AvgIpc) is 2.40. The van der Waals surface area contributed by atoms with Crippen molar-refractivity contribution in [2.75, 3.05) is 12.3 Å². The van der Waals surface area contributed by atoms with Crippen LogP contribution in [0.1, 0.15) is 24.4 Å². The first-order chi connectivity index (χ1) is 9.00. The molecule has 0 saturated carbocycles. The summed E-state index contributed by atoms with van der Waals surface area (Å²) >= 11 is 0. The van der Waals surface area contributed by atoms with Crippen molar-refractivity contribution in [3.8, 4) is 0 Å². The highest BCUT2D eigenvalue weighted by molar-refractivity contribution is 5.95. The van der Waals surface area contributed by atoms with Crippen LogP contribution in [0.15, 0.2) is 33.5 Å². The minimum absolute atomic E-state index is 0.192. The van der Waals surface area contributed by atoms with E-state index in [-0.39, 0.29) is 24.0 Å². The van der Waals surface area contributed by atoms with Crippen LogP contribution < -0.4 is 11.2 Å². The van der Waals surface area contributed by atoms with Gasteiger partial charge in [0.25, 0.3) is 0 Å². The smallest absolute Gasteiger partial charge is 0.376 e. The monoisotopic (exact) mass is 261 g/mol. The highest BCUT2D eigenvalue weighted by Crippen LogP contribution is 2.17. The lowest BCUT2D eigenvalue weighted by Gasteiger charge is -2.08. The lowest BCUT2D eigenvalue weighted by Crippen LogP contribution is -2.18. The molecular weight excluding hydrogens is 246 g/mol. The van der Waals surface area contributed by atoms with Crippen LogP contribution in [0.25, 0.3) is 11.0 Å². The predicted octanol–water partition coefficient (Wildman–Crippen LogP) is 2.19. The largest absolute Gasteiger partial charge is 0.460 e. The van der Waals surface area contributed by atoms with Crippen molar-refractivity contribution in [2.45, 2.75) is 13.8 Å². The number of benzene rings is 1. The lowest BCUT2D eigenvalue weighted by molar-refractivity contribution is 0.0425. The number of carbonyl (C=O) groups excluding carboxylic acids is 1. The van der Waals surface area contributed by atoms with E-state index < -0.39 is 11.4 Å². The molecular formula is C14H15NO4. The van der Waals surface area contributed by atoms with Crippen LogP contribution in [0.2, 0.25) is 0 Å². The molecule has 0 unspecified atom stereocenters. The van der Waals surface area contributed by atoms with Gasteiger partial charge in [-0.25, -0.2) is 4.79 Å². The second-order valence-corrected chi connectivity index (χ2v) is 4.66. The molecule has 0 spiro atoms. The molecule has 1 heterocycles. The molecule has 0 bridgehead atoms. The van der Waals surface area contributed by atoms with Gasteiger partial charge in [0.05, 0.1) is 12.0 Å². The third-order valence-corrected chi connectivity index (χ3v) is 2.57. The number of ether oxygens (including phenoxy) is 1. The molecule has 2 rings (SSSR count). The van der Waals surface area contributed by atoms with Gasteiger partial charge in [-0.15, -0.1) is 0 Å². The van der Waals surface area contributed by atoms with Crippen LogP contribution in [0, 0.1) is 5.92 Å². The average molecular weight is 261 g/mol. The summed E-state index contributed by atoms with van der Waals surface area (Å²) in [5.41, 5.74) is 5.33. The molecule has 0 aliphatic heterocycles. The second kappa shape index (κ2) is 5.14. The first kappa shape index (κ1) is 13.1. The molecule has 2 N–H and O–H groups in total. The molecule has 19 heavy (non-hydrogen) atoms. The molecule has 1 aromatic heterocycles. The number of nitrogens with two attached hydrogens (primary N) is 1. The molecule has 0 fully saturated rings. The van der Waals surface area contributed by atoms with Crippen molar-refractivity contribution in [2.24, 2.45) is 5.92 Å². The van der Waals surface area contributed by atoms with Crippen molar-refractivity contribution >= 4 is 22.6 Å². The number of fused-ring (bicyclic) bond motifs is 1. The summed E-state index contributed by atoms with van der Waals surface area (Å²) in [6.45, 7) is 4.06. The number of nitrogen functional groups attached to an aromatic ring is 1. The normalized spacial score (nSPS) is 10.9. The van der Waals surface area contributed by atoms with E-state index in [1.165, 1.54) is 0 Å². The van der Waals surface area contributed by atoms with Gasteiger partial charge in [0.15, 0.2) is 0 Å². The first-order valence-electron chi connectivity index (χ1n) is 5.99. The Morgan fingerprint density at radius 3 is 2.74 bits per heavy atom. The fourth-order valence-electron chi connectivity index (χ4n) is 1.62. The van der Waals surface area contributed by atoms with Gasteiger partial charge in [-0.3, -0.25) is 4.79 Å². The van der Waals surface area contributed by atoms with Gasteiger partial charge in [0.1, 0.15) is 11.3 Å². The zero-order valence-electron chi connectivity index (χ0n) is 10.8. The summed E-state index contributed by atoms with van der Waals surface area (Å²) in [5, 5.41) is 0.348. The van der Waals surface area contributed by atoms with Crippen LogP contribution in [0.4, 0.5) is 5.69 Å². The number of para-hydroxylation sites is 1. The Bertz CT molecular complexity index is 673. The van der Waals surface area contributed by atoms with Crippen LogP contribution >= 0.6 is 0 Å². The maximum absolute atomic E-state index is 12.0. The van der Waals surface area contributed by atoms with E-state index in [0.717, 1.165) is 0 Å². The van der Waals surface area contributed by atoms with Gasteiger partial charge in [0.2, 0.25) is 11.2 Å². The fraction of sp³-hybridized carbons (Fsp3) is 0.286. The Morgan fingerprint density at radius 2 is 2.05 bits per heavy atom. The summed E-state index contributed by atoms with van der Waals surface area (Å²) in [4.78, 5) is 23.8. The van der Waals surface area contributed by atoms with Crippen molar-refractivity contribution in [3.63, 3.8) is 0 Å². The van der Waals surface area contributed by atoms with Gasteiger partial charge >= 0.3 is 5.97 Å². The maximum Gasteiger partial charge on any atom is 0.376 e. The number of esters is 1. The van der Waals surface area contributed by atoms with E-state index in [4.69, 9.17) is 14.9 Å². The van der Waals surface area contributed by atoms with Gasteiger partial charge in [-0.1, -0.05) is 26.0 Å². The van der Waals surface area contributed by atoms with Crippen molar-refractivity contribution in [3.05, 3.63) is 40.2 Å². The van der Waals surface area contributed by atoms with Gasteiger partial charge in [0, 0.05) is 0 Å². The number of anilines is 1. The third-order valence-electron chi connectivity index (χ3n) is 2.57. The van der Waals surface area contributed by atoms with Crippen LogP contribution in [0.3, 0.4) is 0 Å². The van der Waals surface area contributed by atoms with Crippen LogP contribution in [-0.2, 0) is 4.74 Å².